The van der Waals surface area contributed by atoms with E-state index in [4.69, 9.17) is 0 Å². The summed E-state index contributed by atoms with van der Waals surface area (Å²) in [5.74, 6) is 0. The molecule has 2 aromatic carbocycles. The van der Waals surface area contributed by atoms with Crippen molar-refractivity contribution in [2.75, 3.05) is 0 Å². The van der Waals surface area contributed by atoms with Crippen molar-refractivity contribution in [1.29, 1.82) is 0 Å². The highest BCUT2D eigenvalue weighted by molar-refractivity contribution is 5.29. The van der Waals surface area contributed by atoms with Gasteiger partial charge in [-0.1, -0.05) is 69.3 Å². The van der Waals surface area contributed by atoms with Crippen LogP contribution in [-0.2, 0) is 12.0 Å². The molecule has 0 aliphatic heterocycles. The molecule has 0 fully saturated rings. The van der Waals surface area contributed by atoms with E-state index in [1.165, 1.54) is 22.3 Å². The Morgan fingerprint density at radius 1 is 0.952 bits per heavy atom. The summed E-state index contributed by atoms with van der Waals surface area (Å²) >= 11 is 0. The molecule has 1 N–H and O–H groups in total. The summed E-state index contributed by atoms with van der Waals surface area (Å²) in [6, 6.07) is 17.9. The minimum Gasteiger partial charge on any atom is -0.306 e. The Labute approximate surface area is 129 Å². The summed E-state index contributed by atoms with van der Waals surface area (Å²) in [5, 5.41) is 3.61. The minimum atomic E-state index is 0.219. The lowest BCUT2D eigenvalue weighted by molar-refractivity contribution is 0.568. The van der Waals surface area contributed by atoms with Crippen LogP contribution >= 0.6 is 0 Å². The Morgan fingerprint density at radius 3 is 2.14 bits per heavy atom. The zero-order valence-electron chi connectivity index (χ0n) is 13.9. The molecular formula is C20H27N. The molecule has 0 aromatic heterocycles. The molecule has 0 aliphatic rings. The fraction of sp³-hybridized carbons (Fsp3) is 0.400. The summed E-state index contributed by atoms with van der Waals surface area (Å²) in [5.41, 5.74) is 5.67. The maximum absolute atomic E-state index is 3.61. The van der Waals surface area contributed by atoms with E-state index in [2.05, 4.69) is 88.5 Å². The van der Waals surface area contributed by atoms with Gasteiger partial charge in [0.25, 0.3) is 0 Å². The van der Waals surface area contributed by atoms with Gasteiger partial charge < -0.3 is 5.32 Å². The summed E-state index contributed by atoms with van der Waals surface area (Å²) < 4.78 is 0. The summed E-state index contributed by atoms with van der Waals surface area (Å²) in [7, 11) is 0. The van der Waals surface area contributed by atoms with Gasteiger partial charge in [-0.25, -0.2) is 0 Å². The van der Waals surface area contributed by atoms with Crippen LogP contribution in [0.15, 0.2) is 48.5 Å². The third-order valence-electron chi connectivity index (χ3n) is 4.14. The van der Waals surface area contributed by atoms with E-state index in [0.29, 0.717) is 6.04 Å². The van der Waals surface area contributed by atoms with Gasteiger partial charge in [0.1, 0.15) is 0 Å². The molecule has 0 amide bonds. The van der Waals surface area contributed by atoms with E-state index in [0.717, 1.165) is 6.54 Å². The zero-order chi connectivity index (χ0) is 15.5. The van der Waals surface area contributed by atoms with Crippen molar-refractivity contribution >= 4 is 0 Å². The van der Waals surface area contributed by atoms with E-state index < -0.39 is 0 Å². The van der Waals surface area contributed by atoms with Crippen LogP contribution in [0, 0.1) is 6.92 Å². The van der Waals surface area contributed by atoms with Crippen LogP contribution in [0.2, 0.25) is 0 Å². The standard InChI is InChI=1S/C20H27N/c1-15-8-6-7-9-18(15)14-21-16(2)17-10-12-19(13-11-17)20(3,4)5/h6-13,16,21H,14H2,1-5H3. The Kier molecular flexibility index (Phi) is 4.84. The first-order chi connectivity index (χ1) is 9.88. The normalized spacial score (nSPS) is 13.2. The second-order valence-electron chi connectivity index (χ2n) is 6.90. The topological polar surface area (TPSA) is 12.0 Å². The molecule has 0 spiro atoms. The third-order valence-corrected chi connectivity index (χ3v) is 4.14. The lowest BCUT2D eigenvalue weighted by atomic mass is 9.86. The molecule has 1 heteroatoms. The van der Waals surface area contributed by atoms with Crippen LogP contribution in [-0.4, -0.2) is 0 Å². The highest BCUT2D eigenvalue weighted by Gasteiger charge is 2.14. The first-order valence-electron chi connectivity index (χ1n) is 7.76. The van der Waals surface area contributed by atoms with Gasteiger partial charge >= 0.3 is 0 Å². The minimum absolute atomic E-state index is 0.219. The summed E-state index contributed by atoms with van der Waals surface area (Å²) in [6.45, 7) is 12.1. The Hall–Kier alpha value is -1.60. The Balaban J connectivity index is 2.01. The number of benzene rings is 2. The first-order valence-corrected chi connectivity index (χ1v) is 7.76. The van der Waals surface area contributed by atoms with Crippen molar-refractivity contribution in [3.05, 3.63) is 70.8 Å². The highest BCUT2D eigenvalue weighted by atomic mass is 14.9. The molecule has 112 valence electrons. The fourth-order valence-corrected chi connectivity index (χ4v) is 2.46. The van der Waals surface area contributed by atoms with Crippen LogP contribution in [0.5, 0.6) is 0 Å². The van der Waals surface area contributed by atoms with Gasteiger partial charge in [-0.05, 0) is 41.5 Å². The smallest absolute Gasteiger partial charge is 0.0294 e. The molecule has 0 saturated heterocycles. The monoisotopic (exact) mass is 281 g/mol. The number of hydrogen-bond acceptors (Lipinski definition) is 1. The summed E-state index contributed by atoms with van der Waals surface area (Å²) in [6.07, 6.45) is 0. The molecule has 2 rings (SSSR count). The largest absolute Gasteiger partial charge is 0.306 e. The second kappa shape index (κ2) is 6.44. The van der Waals surface area contributed by atoms with Crippen molar-refractivity contribution in [1.82, 2.24) is 5.32 Å². The Bertz CT molecular complexity index is 576. The van der Waals surface area contributed by atoms with E-state index in [9.17, 15) is 0 Å². The van der Waals surface area contributed by atoms with Crippen molar-refractivity contribution in [3.8, 4) is 0 Å². The molecule has 0 heterocycles. The van der Waals surface area contributed by atoms with Gasteiger partial charge in [0, 0.05) is 12.6 Å². The first kappa shape index (κ1) is 15.8. The molecule has 1 unspecified atom stereocenters. The van der Waals surface area contributed by atoms with Crippen LogP contribution in [0.1, 0.15) is 56.0 Å². The molecule has 0 saturated carbocycles. The maximum Gasteiger partial charge on any atom is 0.0294 e. The number of nitrogens with one attached hydrogen (secondary N) is 1. The van der Waals surface area contributed by atoms with Crippen LogP contribution in [0.3, 0.4) is 0 Å². The van der Waals surface area contributed by atoms with E-state index in [-0.39, 0.29) is 5.41 Å². The van der Waals surface area contributed by atoms with Crippen LogP contribution < -0.4 is 5.32 Å². The average molecular weight is 281 g/mol. The number of rotatable bonds is 4. The Morgan fingerprint density at radius 2 is 1.57 bits per heavy atom. The van der Waals surface area contributed by atoms with Gasteiger partial charge in [0.05, 0.1) is 0 Å². The van der Waals surface area contributed by atoms with Crippen LogP contribution in [0.25, 0.3) is 0 Å². The molecule has 1 nitrogen and oxygen atoms in total. The van der Waals surface area contributed by atoms with Crippen molar-refractivity contribution in [3.63, 3.8) is 0 Å². The maximum atomic E-state index is 3.61. The molecule has 21 heavy (non-hydrogen) atoms. The quantitative estimate of drug-likeness (QED) is 0.818. The predicted octanol–water partition coefficient (Wildman–Crippen LogP) is 5.14. The predicted molar refractivity (Wildman–Crippen MR) is 91.6 cm³/mol. The SMILES string of the molecule is Cc1ccccc1CNC(C)c1ccc(C(C)(C)C)cc1. The molecule has 0 aliphatic carbocycles. The van der Waals surface area contributed by atoms with E-state index in [1.54, 1.807) is 0 Å². The second-order valence-corrected chi connectivity index (χ2v) is 6.90. The van der Waals surface area contributed by atoms with Crippen molar-refractivity contribution in [2.24, 2.45) is 0 Å². The molecule has 1 atom stereocenters. The number of aryl methyl sites for hydroxylation is 1. The lowest BCUT2D eigenvalue weighted by Crippen LogP contribution is -2.19. The average Bonchev–Trinajstić information content (AvgIpc) is 2.45. The van der Waals surface area contributed by atoms with Gasteiger partial charge in [-0.3, -0.25) is 0 Å². The van der Waals surface area contributed by atoms with E-state index >= 15 is 0 Å². The molecular weight excluding hydrogens is 254 g/mol. The zero-order valence-corrected chi connectivity index (χ0v) is 13.9. The fourth-order valence-electron chi connectivity index (χ4n) is 2.46. The van der Waals surface area contributed by atoms with Gasteiger partial charge in [0.2, 0.25) is 0 Å². The van der Waals surface area contributed by atoms with Gasteiger partial charge in [-0.2, -0.15) is 0 Å². The van der Waals surface area contributed by atoms with Gasteiger partial charge in [-0.15, -0.1) is 0 Å². The lowest BCUT2D eigenvalue weighted by Gasteiger charge is -2.21. The van der Waals surface area contributed by atoms with Crippen LogP contribution in [0.4, 0.5) is 0 Å². The molecule has 0 bridgehead atoms. The summed E-state index contributed by atoms with van der Waals surface area (Å²) in [4.78, 5) is 0. The third kappa shape index (κ3) is 4.18. The van der Waals surface area contributed by atoms with Gasteiger partial charge in [0.15, 0.2) is 0 Å². The number of hydrogen-bond donors (Lipinski definition) is 1. The van der Waals surface area contributed by atoms with E-state index in [1.807, 2.05) is 0 Å². The molecule has 2 aromatic rings. The van der Waals surface area contributed by atoms with Crippen molar-refractivity contribution in [2.45, 2.75) is 52.6 Å². The highest BCUT2D eigenvalue weighted by Crippen LogP contribution is 2.24. The van der Waals surface area contributed by atoms with Crippen molar-refractivity contribution < 1.29 is 0 Å². The molecule has 0 radical (unpaired) electrons.